The van der Waals surface area contributed by atoms with E-state index in [-0.39, 0.29) is 5.71 Å². The number of hydrogen-bond acceptors (Lipinski definition) is 1. The van der Waals surface area contributed by atoms with E-state index in [1.165, 1.54) is 19.1 Å². The Morgan fingerprint density at radius 3 is 1.92 bits per heavy atom. The van der Waals surface area contributed by atoms with Gasteiger partial charge < -0.3 is 5.41 Å². The van der Waals surface area contributed by atoms with E-state index in [0.29, 0.717) is 5.56 Å². The van der Waals surface area contributed by atoms with Crippen LogP contribution in [0.2, 0.25) is 0 Å². The van der Waals surface area contributed by atoms with Crippen molar-refractivity contribution >= 4 is 5.71 Å². The zero-order valence-corrected chi connectivity index (χ0v) is 6.94. The Bertz CT molecular complexity index is 311. The lowest BCUT2D eigenvalue weighted by molar-refractivity contribution is -0.137. The molecule has 0 aliphatic heterocycles. The first-order valence-corrected chi connectivity index (χ1v) is 3.64. The first kappa shape index (κ1) is 9.77. The molecule has 4 heteroatoms. The molecule has 0 fully saturated rings. The maximum Gasteiger partial charge on any atom is 0.416 e. The van der Waals surface area contributed by atoms with Gasteiger partial charge in [0.15, 0.2) is 0 Å². The van der Waals surface area contributed by atoms with Crippen LogP contribution < -0.4 is 0 Å². The normalized spacial score (nSPS) is 11.4. The third-order valence-electron chi connectivity index (χ3n) is 1.65. The largest absolute Gasteiger partial charge is 0.416 e. The number of alkyl halides is 3. The Balaban J connectivity index is 3.01. The zero-order chi connectivity index (χ0) is 10.1. The van der Waals surface area contributed by atoms with E-state index in [1.54, 1.807) is 0 Å². The molecule has 0 aliphatic rings. The summed E-state index contributed by atoms with van der Waals surface area (Å²) in [6.45, 7) is 1.53. The molecular weight excluding hydrogens is 179 g/mol. The van der Waals surface area contributed by atoms with Gasteiger partial charge in [0.25, 0.3) is 0 Å². The fraction of sp³-hybridized carbons (Fsp3) is 0.222. The molecule has 1 N–H and O–H groups in total. The van der Waals surface area contributed by atoms with Crippen LogP contribution in [0.1, 0.15) is 18.1 Å². The maximum absolute atomic E-state index is 12.1. The Morgan fingerprint density at radius 1 is 1.15 bits per heavy atom. The molecule has 0 radical (unpaired) electrons. The third-order valence-corrected chi connectivity index (χ3v) is 1.65. The third kappa shape index (κ3) is 2.31. The summed E-state index contributed by atoms with van der Waals surface area (Å²) >= 11 is 0. The summed E-state index contributed by atoms with van der Waals surface area (Å²) in [4.78, 5) is 0. The molecule has 1 nitrogen and oxygen atoms in total. The van der Waals surface area contributed by atoms with Crippen LogP contribution >= 0.6 is 0 Å². The predicted molar refractivity (Wildman–Crippen MR) is 43.9 cm³/mol. The average Bonchev–Trinajstić information content (AvgIpc) is 2.03. The molecule has 0 bridgehead atoms. The van der Waals surface area contributed by atoms with Gasteiger partial charge in [0.05, 0.1) is 5.56 Å². The van der Waals surface area contributed by atoms with E-state index in [0.717, 1.165) is 12.1 Å². The summed E-state index contributed by atoms with van der Waals surface area (Å²) in [5.41, 5.74) is 0.0826. The number of nitrogens with one attached hydrogen (secondary N) is 1. The second-order valence-corrected chi connectivity index (χ2v) is 2.70. The van der Waals surface area contributed by atoms with Crippen LogP contribution in [0, 0.1) is 5.41 Å². The monoisotopic (exact) mass is 187 g/mol. The number of rotatable bonds is 1. The van der Waals surface area contributed by atoms with Crippen LogP contribution in [0.4, 0.5) is 13.2 Å². The number of hydrogen-bond donors (Lipinski definition) is 1. The van der Waals surface area contributed by atoms with Crippen molar-refractivity contribution in [1.29, 1.82) is 5.41 Å². The average molecular weight is 187 g/mol. The van der Waals surface area contributed by atoms with Gasteiger partial charge in [0, 0.05) is 5.71 Å². The van der Waals surface area contributed by atoms with Crippen molar-refractivity contribution in [1.82, 2.24) is 0 Å². The fourth-order valence-electron chi connectivity index (χ4n) is 0.909. The highest BCUT2D eigenvalue weighted by Gasteiger charge is 2.29. The molecule has 1 aromatic rings. The molecule has 0 unspecified atom stereocenters. The van der Waals surface area contributed by atoms with Crippen LogP contribution in [0.3, 0.4) is 0 Å². The van der Waals surface area contributed by atoms with Crippen LogP contribution in [0.25, 0.3) is 0 Å². The summed E-state index contributed by atoms with van der Waals surface area (Å²) < 4.78 is 36.2. The van der Waals surface area contributed by atoms with Gasteiger partial charge in [-0.3, -0.25) is 0 Å². The van der Waals surface area contributed by atoms with Crippen molar-refractivity contribution in [2.24, 2.45) is 0 Å². The Morgan fingerprint density at radius 2 is 1.62 bits per heavy atom. The van der Waals surface area contributed by atoms with Crippen LogP contribution in [-0.2, 0) is 6.18 Å². The van der Waals surface area contributed by atoms with Gasteiger partial charge in [-0.05, 0) is 24.6 Å². The summed E-state index contributed by atoms with van der Waals surface area (Å²) in [6.07, 6.45) is -4.30. The van der Waals surface area contributed by atoms with E-state index in [4.69, 9.17) is 5.41 Å². The lowest BCUT2D eigenvalue weighted by Gasteiger charge is -2.06. The Kier molecular flexibility index (Phi) is 2.40. The highest BCUT2D eigenvalue weighted by Crippen LogP contribution is 2.28. The molecule has 0 saturated heterocycles. The van der Waals surface area contributed by atoms with E-state index < -0.39 is 11.7 Å². The molecule has 1 rings (SSSR count). The highest BCUT2D eigenvalue weighted by molar-refractivity contribution is 5.96. The maximum atomic E-state index is 12.1. The standard InChI is InChI=1S/C9H8F3N/c1-6(13)7-2-4-8(5-3-7)9(10,11)12/h2-5,13H,1H3. The SMILES string of the molecule is CC(=N)c1ccc(C(F)(F)F)cc1. The molecule has 70 valence electrons. The van der Waals surface area contributed by atoms with Gasteiger partial charge >= 0.3 is 6.18 Å². The fourth-order valence-corrected chi connectivity index (χ4v) is 0.909. The van der Waals surface area contributed by atoms with Gasteiger partial charge in [-0.1, -0.05) is 12.1 Å². The van der Waals surface area contributed by atoms with E-state index in [1.807, 2.05) is 0 Å². The van der Waals surface area contributed by atoms with Gasteiger partial charge in [-0.15, -0.1) is 0 Å². The molecule has 0 atom stereocenters. The minimum absolute atomic E-state index is 0.258. The summed E-state index contributed by atoms with van der Waals surface area (Å²) in [5.74, 6) is 0. The minimum Gasteiger partial charge on any atom is -0.305 e. The summed E-state index contributed by atoms with van der Waals surface area (Å²) in [6, 6.07) is 4.55. The molecular formula is C9H8F3N. The highest BCUT2D eigenvalue weighted by atomic mass is 19.4. The number of halogens is 3. The zero-order valence-electron chi connectivity index (χ0n) is 6.94. The lowest BCUT2D eigenvalue weighted by Crippen LogP contribution is -2.05. The Labute approximate surface area is 73.7 Å². The number of benzene rings is 1. The van der Waals surface area contributed by atoms with Gasteiger partial charge in [-0.25, -0.2) is 0 Å². The lowest BCUT2D eigenvalue weighted by atomic mass is 10.1. The molecule has 1 aromatic carbocycles. The van der Waals surface area contributed by atoms with Crippen LogP contribution in [-0.4, -0.2) is 5.71 Å². The first-order chi connectivity index (χ1) is 5.91. The van der Waals surface area contributed by atoms with E-state index in [2.05, 4.69) is 0 Å². The van der Waals surface area contributed by atoms with Crippen molar-refractivity contribution in [3.63, 3.8) is 0 Å². The van der Waals surface area contributed by atoms with Crippen molar-refractivity contribution < 1.29 is 13.2 Å². The molecule has 0 saturated carbocycles. The molecule has 0 spiro atoms. The van der Waals surface area contributed by atoms with Gasteiger partial charge in [-0.2, -0.15) is 13.2 Å². The van der Waals surface area contributed by atoms with E-state index in [9.17, 15) is 13.2 Å². The van der Waals surface area contributed by atoms with Crippen molar-refractivity contribution in [2.45, 2.75) is 13.1 Å². The quantitative estimate of drug-likeness (QED) is 0.653. The van der Waals surface area contributed by atoms with Crippen LogP contribution in [0.5, 0.6) is 0 Å². The minimum atomic E-state index is -4.30. The second kappa shape index (κ2) is 3.20. The first-order valence-electron chi connectivity index (χ1n) is 3.64. The molecule has 0 aliphatic carbocycles. The predicted octanol–water partition coefficient (Wildman–Crippen LogP) is 3.09. The summed E-state index contributed by atoms with van der Waals surface area (Å²) in [7, 11) is 0. The molecule has 0 amide bonds. The van der Waals surface area contributed by atoms with Crippen molar-refractivity contribution in [3.05, 3.63) is 35.4 Å². The van der Waals surface area contributed by atoms with Crippen LogP contribution in [0.15, 0.2) is 24.3 Å². The van der Waals surface area contributed by atoms with Gasteiger partial charge in [0.2, 0.25) is 0 Å². The second-order valence-electron chi connectivity index (χ2n) is 2.70. The molecule has 0 heterocycles. The van der Waals surface area contributed by atoms with E-state index >= 15 is 0 Å². The van der Waals surface area contributed by atoms with Gasteiger partial charge in [0.1, 0.15) is 0 Å². The summed E-state index contributed by atoms with van der Waals surface area (Å²) in [5, 5.41) is 7.18. The Hall–Kier alpha value is -1.32. The van der Waals surface area contributed by atoms with Crippen molar-refractivity contribution in [3.8, 4) is 0 Å². The molecule has 0 aromatic heterocycles. The smallest absolute Gasteiger partial charge is 0.305 e. The topological polar surface area (TPSA) is 23.9 Å². The van der Waals surface area contributed by atoms with Crippen molar-refractivity contribution in [2.75, 3.05) is 0 Å². The molecule has 13 heavy (non-hydrogen) atoms.